The van der Waals surface area contributed by atoms with Crippen molar-refractivity contribution in [1.82, 2.24) is 0 Å². The molecule has 0 saturated carbocycles. The highest BCUT2D eigenvalue weighted by atomic mass is 79.9. The SMILES string of the molecule is Cc1cc(C(=O)c2ccc(Cl)cc2)c(Br)cc1CBr. The Balaban J connectivity index is 2.44. The van der Waals surface area contributed by atoms with E-state index in [9.17, 15) is 4.79 Å². The molecule has 0 aromatic heterocycles. The summed E-state index contributed by atoms with van der Waals surface area (Å²) in [5, 5.41) is 1.40. The van der Waals surface area contributed by atoms with E-state index >= 15 is 0 Å². The van der Waals surface area contributed by atoms with Crippen LogP contribution in [0.2, 0.25) is 5.02 Å². The second kappa shape index (κ2) is 6.21. The van der Waals surface area contributed by atoms with Crippen molar-refractivity contribution in [3.63, 3.8) is 0 Å². The maximum Gasteiger partial charge on any atom is 0.194 e. The molecule has 0 spiro atoms. The van der Waals surface area contributed by atoms with Crippen LogP contribution in [0.15, 0.2) is 40.9 Å². The van der Waals surface area contributed by atoms with Crippen molar-refractivity contribution in [2.45, 2.75) is 12.3 Å². The van der Waals surface area contributed by atoms with Gasteiger partial charge in [-0.3, -0.25) is 4.79 Å². The van der Waals surface area contributed by atoms with Crippen LogP contribution in [0.1, 0.15) is 27.0 Å². The Morgan fingerprint density at radius 2 is 1.84 bits per heavy atom. The van der Waals surface area contributed by atoms with Crippen molar-refractivity contribution in [2.75, 3.05) is 0 Å². The van der Waals surface area contributed by atoms with Gasteiger partial charge < -0.3 is 0 Å². The van der Waals surface area contributed by atoms with Gasteiger partial charge in [0.2, 0.25) is 0 Å². The Morgan fingerprint density at radius 3 is 2.42 bits per heavy atom. The van der Waals surface area contributed by atoms with Gasteiger partial charge in [-0.15, -0.1) is 0 Å². The third-order valence-electron chi connectivity index (χ3n) is 2.92. The van der Waals surface area contributed by atoms with E-state index < -0.39 is 0 Å². The number of hydrogen-bond donors (Lipinski definition) is 0. The van der Waals surface area contributed by atoms with Crippen LogP contribution in [-0.4, -0.2) is 5.78 Å². The zero-order valence-corrected chi connectivity index (χ0v) is 14.1. The zero-order chi connectivity index (χ0) is 14.0. The molecule has 0 bridgehead atoms. The van der Waals surface area contributed by atoms with Crippen LogP contribution in [0.4, 0.5) is 0 Å². The van der Waals surface area contributed by atoms with E-state index in [2.05, 4.69) is 31.9 Å². The fourth-order valence-electron chi connectivity index (χ4n) is 1.80. The van der Waals surface area contributed by atoms with Crippen LogP contribution >= 0.6 is 43.5 Å². The number of benzene rings is 2. The minimum Gasteiger partial charge on any atom is -0.289 e. The van der Waals surface area contributed by atoms with Crippen molar-refractivity contribution in [2.24, 2.45) is 0 Å². The van der Waals surface area contributed by atoms with E-state index in [0.717, 1.165) is 15.4 Å². The molecule has 0 fully saturated rings. The highest BCUT2D eigenvalue weighted by molar-refractivity contribution is 9.10. The quantitative estimate of drug-likeness (QED) is 0.487. The highest BCUT2D eigenvalue weighted by Crippen LogP contribution is 2.26. The molecule has 0 saturated heterocycles. The van der Waals surface area contributed by atoms with Gasteiger partial charge in [0.15, 0.2) is 5.78 Å². The van der Waals surface area contributed by atoms with Gasteiger partial charge in [-0.2, -0.15) is 0 Å². The lowest BCUT2D eigenvalue weighted by atomic mass is 9.99. The normalized spacial score (nSPS) is 10.5. The standard InChI is InChI=1S/C15H11Br2ClO/c1-9-6-13(14(17)7-11(9)8-16)15(19)10-2-4-12(18)5-3-10/h2-7H,8H2,1H3. The smallest absolute Gasteiger partial charge is 0.194 e. The summed E-state index contributed by atoms with van der Waals surface area (Å²) in [6.45, 7) is 2.00. The average molecular weight is 403 g/mol. The van der Waals surface area contributed by atoms with E-state index in [-0.39, 0.29) is 5.78 Å². The fourth-order valence-corrected chi connectivity index (χ4v) is 3.10. The molecule has 0 radical (unpaired) electrons. The van der Waals surface area contributed by atoms with Crippen LogP contribution in [0.3, 0.4) is 0 Å². The number of aryl methyl sites for hydroxylation is 1. The maximum atomic E-state index is 12.4. The minimum absolute atomic E-state index is 0.00670. The predicted molar refractivity (Wildman–Crippen MR) is 86.4 cm³/mol. The van der Waals surface area contributed by atoms with Gasteiger partial charge in [0.1, 0.15) is 0 Å². The predicted octanol–water partition coefficient (Wildman–Crippen LogP) is 5.54. The van der Waals surface area contributed by atoms with Crippen LogP contribution < -0.4 is 0 Å². The zero-order valence-electron chi connectivity index (χ0n) is 10.2. The van der Waals surface area contributed by atoms with Crippen LogP contribution in [-0.2, 0) is 5.33 Å². The molecule has 2 rings (SSSR count). The Labute approximate surface area is 134 Å². The molecule has 0 unspecified atom stereocenters. The second-order valence-electron chi connectivity index (χ2n) is 4.23. The largest absolute Gasteiger partial charge is 0.289 e. The number of carbonyl (C=O) groups excluding carboxylic acids is 1. The van der Waals surface area contributed by atoms with Gasteiger partial charge in [-0.05, 0) is 54.4 Å². The second-order valence-corrected chi connectivity index (χ2v) is 6.08. The molecular weight excluding hydrogens is 391 g/mol. The molecule has 1 nitrogen and oxygen atoms in total. The minimum atomic E-state index is -0.00670. The van der Waals surface area contributed by atoms with Gasteiger partial charge in [0.05, 0.1) is 0 Å². The molecule has 4 heteroatoms. The van der Waals surface area contributed by atoms with Crippen molar-refractivity contribution in [3.8, 4) is 0 Å². The molecule has 0 amide bonds. The molecule has 19 heavy (non-hydrogen) atoms. The summed E-state index contributed by atoms with van der Waals surface area (Å²) in [7, 11) is 0. The molecule has 2 aromatic carbocycles. The van der Waals surface area contributed by atoms with Crippen LogP contribution in [0, 0.1) is 6.92 Å². The number of ketones is 1. The molecule has 0 aliphatic heterocycles. The van der Waals surface area contributed by atoms with E-state index in [4.69, 9.17) is 11.6 Å². The molecule has 0 aliphatic carbocycles. The molecule has 0 N–H and O–H groups in total. The molecule has 0 aliphatic rings. The lowest BCUT2D eigenvalue weighted by molar-refractivity contribution is 0.103. The van der Waals surface area contributed by atoms with E-state index in [1.165, 1.54) is 5.56 Å². The van der Waals surface area contributed by atoms with Crippen molar-refractivity contribution in [3.05, 3.63) is 68.1 Å². The first-order valence-electron chi connectivity index (χ1n) is 5.68. The summed E-state index contributed by atoms with van der Waals surface area (Å²) >= 11 is 12.7. The highest BCUT2D eigenvalue weighted by Gasteiger charge is 2.14. The van der Waals surface area contributed by atoms with Crippen molar-refractivity contribution in [1.29, 1.82) is 0 Å². The lowest BCUT2D eigenvalue weighted by Crippen LogP contribution is -2.03. The summed E-state index contributed by atoms with van der Waals surface area (Å²) < 4.78 is 0.813. The Morgan fingerprint density at radius 1 is 1.21 bits per heavy atom. The third kappa shape index (κ3) is 3.28. The first-order valence-corrected chi connectivity index (χ1v) is 7.97. The number of alkyl halides is 1. The van der Waals surface area contributed by atoms with Crippen molar-refractivity contribution < 1.29 is 4.79 Å². The average Bonchev–Trinajstić information content (AvgIpc) is 2.41. The number of hydrogen-bond acceptors (Lipinski definition) is 1. The maximum absolute atomic E-state index is 12.4. The number of halogens is 3. The topological polar surface area (TPSA) is 17.1 Å². The van der Waals surface area contributed by atoms with Gasteiger partial charge in [-0.25, -0.2) is 0 Å². The number of rotatable bonds is 3. The van der Waals surface area contributed by atoms with E-state index in [1.54, 1.807) is 24.3 Å². The first kappa shape index (κ1) is 14.8. The summed E-state index contributed by atoms with van der Waals surface area (Å²) in [6.07, 6.45) is 0. The molecule has 0 heterocycles. The van der Waals surface area contributed by atoms with Gasteiger partial charge >= 0.3 is 0 Å². The monoisotopic (exact) mass is 400 g/mol. The summed E-state index contributed by atoms with van der Waals surface area (Å²) in [5.41, 5.74) is 3.57. The Bertz CT molecular complexity index is 621. The van der Waals surface area contributed by atoms with Gasteiger partial charge in [0.25, 0.3) is 0 Å². The van der Waals surface area contributed by atoms with Crippen molar-refractivity contribution >= 4 is 49.2 Å². The molecule has 0 atom stereocenters. The summed E-state index contributed by atoms with van der Waals surface area (Å²) in [5.74, 6) is -0.00670. The molecule has 2 aromatic rings. The Hall–Kier alpha value is -0.640. The summed E-state index contributed by atoms with van der Waals surface area (Å²) in [4.78, 5) is 12.4. The molecular formula is C15H11Br2ClO. The van der Waals surface area contributed by atoms with E-state index in [1.807, 2.05) is 19.1 Å². The Kier molecular flexibility index (Phi) is 4.82. The number of carbonyl (C=O) groups is 1. The molecule has 98 valence electrons. The first-order chi connectivity index (χ1) is 9.02. The fraction of sp³-hybridized carbons (Fsp3) is 0.133. The van der Waals surface area contributed by atoms with Crippen LogP contribution in [0.25, 0.3) is 0 Å². The third-order valence-corrected chi connectivity index (χ3v) is 4.43. The summed E-state index contributed by atoms with van der Waals surface area (Å²) in [6, 6.07) is 10.8. The van der Waals surface area contributed by atoms with Gasteiger partial charge in [0, 0.05) is 26.0 Å². The van der Waals surface area contributed by atoms with Crippen LogP contribution in [0.5, 0.6) is 0 Å². The van der Waals surface area contributed by atoms with Gasteiger partial charge in [-0.1, -0.05) is 43.5 Å². The van der Waals surface area contributed by atoms with E-state index in [0.29, 0.717) is 16.1 Å². The lowest BCUT2D eigenvalue weighted by Gasteiger charge is -2.09.